The molecule has 3 heteroatoms. The molecule has 0 amide bonds. The van der Waals surface area contributed by atoms with Crippen molar-refractivity contribution in [2.45, 2.75) is 25.8 Å². The summed E-state index contributed by atoms with van der Waals surface area (Å²) >= 11 is 5.44. The van der Waals surface area contributed by atoms with Crippen molar-refractivity contribution in [1.29, 1.82) is 0 Å². The second-order valence-corrected chi connectivity index (χ2v) is 7.90. The van der Waals surface area contributed by atoms with Crippen molar-refractivity contribution in [1.82, 2.24) is 5.32 Å². The van der Waals surface area contributed by atoms with Crippen molar-refractivity contribution in [2.24, 2.45) is 5.92 Å². The van der Waals surface area contributed by atoms with Gasteiger partial charge in [0.25, 0.3) is 0 Å². The Hall–Kier alpha value is -0.640. The molecule has 0 saturated carbocycles. The number of aryl methyl sites for hydroxylation is 1. The van der Waals surface area contributed by atoms with E-state index in [-0.39, 0.29) is 0 Å². The summed E-state index contributed by atoms with van der Waals surface area (Å²) in [4.78, 5) is 1.42. The molecule has 1 nitrogen and oxygen atoms in total. The third-order valence-corrected chi connectivity index (χ3v) is 5.70. The van der Waals surface area contributed by atoms with Crippen molar-refractivity contribution in [3.8, 4) is 0 Å². The zero-order valence-corrected chi connectivity index (χ0v) is 13.6. The van der Waals surface area contributed by atoms with Crippen LogP contribution in [0.15, 0.2) is 34.1 Å². The molecule has 1 aliphatic rings. The van der Waals surface area contributed by atoms with E-state index >= 15 is 0 Å². The summed E-state index contributed by atoms with van der Waals surface area (Å²) in [5, 5.41) is 3.54. The lowest BCUT2D eigenvalue weighted by Gasteiger charge is -2.23. The van der Waals surface area contributed by atoms with E-state index < -0.39 is 0 Å². The van der Waals surface area contributed by atoms with Crippen LogP contribution in [0.1, 0.15) is 27.6 Å². The van der Waals surface area contributed by atoms with Gasteiger partial charge in [0.1, 0.15) is 0 Å². The van der Waals surface area contributed by atoms with Gasteiger partial charge in [-0.1, -0.05) is 24.3 Å². The highest BCUT2D eigenvalue weighted by molar-refractivity contribution is 9.11. The first-order chi connectivity index (χ1) is 9.19. The second-order valence-electron chi connectivity index (χ2n) is 5.27. The van der Waals surface area contributed by atoms with Crippen LogP contribution in [0.3, 0.4) is 0 Å². The highest BCUT2D eigenvalue weighted by Gasteiger charge is 2.30. The molecule has 1 aromatic carbocycles. The zero-order valence-electron chi connectivity index (χ0n) is 11.2. The average molecular weight is 336 g/mol. The lowest BCUT2D eigenvalue weighted by molar-refractivity contribution is 0.397. The first-order valence-corrected chi connectivity index (χ1v) is 8.30. The summed E-state index contributed by atoms with van der Waals surface area (Å²) in [6.45, 7) is 2.22. The molecule has 1 N–H and O–H groups in total. The Morgan fingerprint density at radius 2 is 1.89 bits per heavy atom. The van der Waals surface area contributed by atoms with Crippen LogP contribution in [0.5, 0.6) is 0 Å². The topological polar surface area (TPSA) is 12.0 Å². The summed E-state index contributed by atoms with van der Waals surface area (Å²) in [7, 11) is 2.08. The molecule has 1 aromatic heterocycles. The van der Waals surface area contributed by atoms with E-state index in [1.807, 2.05) is 11.3 Å². The van der Waals surface area contributed by atoms with Crippen molar-refractivity contribution in [3.63, 3.8) is 0 Å². The SMILES string of the molecule is CNC(c1cc(Br)sc1C)C1Cc2ccccc2C1. The molecule has 1 unspecified atom stereocenters. The van der Waals surface area contributed by atoms with Gasteiger partial charge in [-0.2, -0.15) is 0 Å². The predicted octanol–water partition coefficient (Wildman–Crippen LogP) is 4.49. The van der Waals surface area contributed by atoms with Crippen molar-refractivity contribution < 1.29 is 0 Å². The lowest BCUT2D eigenvalue weighted by Crippen LogP contribution is -2.25. The summed E-state index contributed by atoms with van der Waals surface area (Å²) in [5.41, 5.74) is 4.51. The first-order valence-electron chi connectivity index (χ1n) is 6.69. The van der Waals surface area contributed by atoms with Crippen molar-refractivity contribution >= 4 is 27.3 Å². The lowest BCUT2D eigenvalue weighted by atomic mass is 9.91. The fourth-order valence-electron chi connectivity index (χ4n) is 3.24. The zero-order chi connectivity index (χ0) is 13.4. The third-order valence-electron chi connectivity index (χ3n) is 4.13. The van der Waals surface area contributed by atoms with Gasteiger partial charge in [-0.25, -0.2) is 0 Å². The van der Waals surface area contributed by atoms with E-state index in [1.165, 1.54) is 38.2 Å². The summed E-state index contributed by atoms with van der Waals surface area (Å²) in [6.07, 6.45) is 2.38. The predicted molar refractivity (Wildman–Crippen MR) is 85.9 cm³/mol. The minimum atomic E-state index is 0.454. The van der Waals surface area contributed by atoms with Gasteiger partial charge in [-0.15, -0.1) is 11.3 Å². The summed E-state index contributed by atoms with van der Waals surface area (Å²) < 4.78 is 1.23. The van der Waals surface area contributed by atoms with Gasteiger partial charge < -0.3 is 5.32 Å². The summed E-state index contributed by atoms with van der Waals surface area (Å²) in [5.74, 6) is 0.669. The number of fused-ring (bicyclic) bond motifs is 1. The molecule has 19 heavy (non-hydrogen) atoms. The van der Waals surface area contributed by atoms with Gasteiger partial charge in [-0.3, -0.25) is 0 Å². The van der Waals surface area contributed by atoms with E-state index in [0.717, 1.165) is 0 Å². The number of rotatable bonds is 3. The quantitative estimate of drug-likeness (QED) is 0.871. The highest BCUT2D eigenvalue weighted by Crippen LogP contribution is 2.39. The fraction of sp³-hybridized carbons (Fsp3) is 0.375. The molecule has 3 rings (SSSR count). The Morgan fingerprint density at radius 3 is 2.37 bits per heavy atom. The van der Waals surface area contributed by atoms with Crippen LogP contribution in [0.4, 0.5) is 0 Å². The number of hydrogen-bond donors (Lipinski definition) is 1. The number of thiophene rings is 1. The Labute approximate surface area is 127 Å². The van der Waals surface area contributed by atoms with Crippen LogP contribution in [0.25, 0.3) is 0 Å². The molecule has 0 aliphatic heterocycles. The first kappa shape index (κ1) is 13.3. The third kappa shape index (κ3) is 2.51. The van der Waals surface area contributed by atoms with Crippen LogP contribution in [-0.4, -0.2) is 7.05 Å². The van der Waals surface area contributed by atoms with Crippen molar-refractivity contribution in [3.05, 3.63) is 55.7 Å². The van der Waals surface area contributed by atoms with E-state index in [4.69, 9.17) is 0 Å². The van der Waals surface area contributed by atoms with Gasteiger partial charge in [0.05, 0.1) is 3.79 Å². The van der Waals surface area contributed by atoms with Crippen LogP contribution in [0.2, 0.25) is 0 Å². The maximum atomic E-state index is 3.61. The molecule has 0 saturated heterocycles. The van der Waals surface area contributed by atoms with Gasteiger partial charge in [0.15, 0.2) is 0 Å². The van der Waals surface area contributed by atoms with Gasteiger partial charge in [0, 0.05) is 10.9 Å². The fourth-order valence-corrected chi connectivity index (χ4v) is 5.00. The van der Waals surface area contributed by atoms with Gasteiger partial charge in [0.2, 0.25) is 0 Å². The van der Waals surface area contributed by atoms with Crippen molar-refractivity contribution in [2.75, 3.05) is 7.05 Å². The summed E-state index contributed by atoms with van der Waals surface area (Å²) in [6, 6.07) is 11.6. The molecule has 0 radical (unpaired) electrons. The standard InChI is InChI=1S/C16H18BrNS/c1-10-14(9-15(17)19-10)16(18-2)13-7-11-5-3-4-6-12(11)8-13/h3-6,9,13,16,18H,7-8H2,1-2H3. The van der Waals surface area contributed by atoms with Crippen LogP contribution >= 0.6 is 27.3 Å². The Balaban J connectivity index is 1.88. The minimum absolute atomic E-state index is 0.454. The highest BCUT2D eigenvalue weighted by atomic mass is 79.9. The molecule has 0 fully saturated rings. The van der Waals surface area contributed by atoms with Crippen LogP contribution < -0.4 is 5.32 Å². The van der Waals surface area contributed by atoms with E-state index in [2.05, 4.69) is 65.5 Å². The Kier molecular flexibility index (Phi) is 3.79. The van der Waals surface area contributed by atoms with Gasteiger partial charge in [-0.05, 0) is 71.4 Å². The van der Waals surface area contributed by atoms with E-state index in [9.17, 15) is 0 Å². The number of halogens is 1. The monoisotopic (exact) mass is 335 g/mol. The Bertz CT molecular complexity index is 565. The molecular weight excluding hydrogens is 318 g/mol. The van der Waals surface area contributed by atoms with Crippen LogP contribution in [0, 0.1) is 12.8 Å². The largest absolute Gasteiger partial charge is 0.313 e. The van der Waals surface area contributed by atoms with E-state index in [0.29, 0.717) is 12.0 Å². The molecule has 0 spiro atoms. The molecule has 2 aromatic rings. The van der Waals surface area contributed by atoms with E-state index in [1.54, 1.807) is 0 Å². The number of nitrogens with one attached hydrogen (secondary N) is 1. The smallest absolute Gasteiger partial charge is 0.0704 e. The molecular formula is C16H18BrNS. The second kappa shape index (κ2) is 5.39. The number of hydrogen-bond acceptors (Lipinski definition) is 2. The Morgan fingerprint density at radius 1 is 1.26 bits per heavy atom. The maximum Gasteiger partial charge on any atom is 0.0704 e. The molecule has 1 heterocycles. The molecule has 1 atom stereocenters. The molecule has 1 aliphatic carbocycles. The maximum absolute atomic E-state index is 3.61. The average Bonchev–Trinajstić information content (AvgIpc) is 2.94. The molecule has 0 bridgehead atoms. The number of benzene rings is 1. The molecule has 100 valence electrons. The van der Waals surface area contributed by atoms with Gasteiger partial charge >= 0.3 is 0 Å². The normalized spacial score (nSPS) is 16.6. The van der Waals surface area contributed by atoms with Crippen LogP contribution in [-0.2, 0) is 12.8 Å². The minimum Gasteiger partial charge on any atom is -0.313 e.